The highest BCUT2D eigenvalue weighted by molar-refractivity contribution is 6.01. The number of nitrogens with one attached hydrogen (secondary N) is 1. The summed E-state index contributed by atoms with van der Waals surface area (Å²) >= 11 is 0. The number of hydrogen-bond donors (Lipinski definition) is 1. The number of benzene rings is 1. The van der Waals surface area contributed by atoms with E-state index in [4.69, 9.17) is 9.47 Å². The maximum atomic E-state index is 12.6. The minimum absolute atomic E-state index is 0.0340. The number of anilines is 1. The molecule has 4 rings (SSSR count). The monoisotopic (exact) mass is 344 g/mol. The number of ether oxygens (including phenoxy) is 2. The summed E-state index contributed by atoms with van der Waals surface area (Å²) in [4.78, 5) is 26.8. The third kappa shape index (κ3) is 2.99. The highest BCUT2D eigenvalue weighted by Gasteiger charge is 2.43. The van der Waals surface area contributed by atoms with Gasteiger partial charge in [0.05, 0.1) is 37.0 Å². The minimum Gasteiger partial charge on any atom is -0.495 e. The van der Waals surface area contributed by atoms with Crippen molar-refractivity contribution in [3.05, 3.63) is 23.8 Å². The molecule has 3 saturated heterocycles. The zero-order valence-corrected chi connectivity index (χ0v) is 14.7. The van der Waals surface area contributed by atoms with Gasteiger partial charge in [-0.3, -0.25) is 9.59 Å². The van der Waals surface area contributed by atoms with E-state index < -0.39 is 0 Å². The Labute approximate surface area is 147 Å². The molecule has 0 aromatic heterocycles. The molecule has 6 heteroatoms. The predicted molar refractivity (Wildman–Crippen MR) is 92.6 cm³/mol. The van der Waals surface area contributed by atoms with E-state index in [-0.39, 0.29) is 36.3 Å². The molecule has 4 atom stereocenters. The molecule has 3 heterocycles. The Morgan fingerprint density at radius 3 is 2.88 bits per heavy atom. The zero-order valence-electron chi connectivity index (χ0n) is 14.7. The molecular weight excluding hydrogens is 320 g/mol. The lowest BCUT2D eigenvalue weighted by Gasteiger charge is -2.23. The second-order valence-corrected chi connectivity index (χ2v) is 7.31. The largest absolute Gasteiger partial charge is 0.495 e. The molecule has 0 spiro atoms. The van der Waals surface area contributed by atoms with Crippen LogP contribution in [-0.4, -0.2) is 43.7 Å². The molecule has 3 aliphatic heterocycles. The van der Waals surface area contributed by atoms with Crippen LogP contribution in [0.1, 0.15) is 31.2 Å². The summed E-state index contributed by atoms with van der Waals surface area (Å²) in [5.74, 6) is 0.259. The van der Waals surface area contributed by atoms with Crippen molar-refractivity contribution in [1.29, 1.82) is 0 Å². The third-order valence-electron chi connectivity index (χ3n) is 5.55. The lowest BCUT2D eigenvalue weighted by Crippen LogP contribution is -2.44. The van der Waals surface area contributed by atoms with Gasteiger partial charge in [-0.25, -0.2) is 0 Å². The molecule has 3 aliphatic rings. The summed E-state index contributed by atoms with van der Waals surface area (Å²) < 4.78 is 11.2. The van der Waals surface area contributed by atoms with Crippen LogP contribution in [0.15, 0.2) is 18.2 Å². The first-order valence-electron chi connectivity index (χ1n) is 8.96. The summed E-state index contributed by atoms with van der Waals surface area (Å²) in [6.07, 6.45) is 3.70. The van der Waals surface area contributed by atoms with Gasteiger partial charge in [-0.2, -0.15) is 0 Å². The predicted octanol–water partition coefficient (Wildman–Crippen LogP) is 1.79. The Morgan fingerprint density at radius 1 is 1.36 bits per heavy atom. The fraction of sp³-hybridized carbons (Fsp3) is 0.579. The van der Waals surface area contributed by atoms with E-state index in [0.717, 1.165) is 30.5 Å². The molecule has 1 N–H and O–H groups in total. The molecule has 0 radical (unpaired) electrons. The molecule has 134 valence electrons. The van der Waals surface area contributed by atoms with Crippen molar-refractivity contribution >= 4 is 17.5 Å². The van der Waals surface area contributed by atoms with E-state index in [2.05, 4.69) is 5.32 Å². The van der Waals surface area contributed by atoms with Crippen LogP contribution < -0.4 is 15.0 Å². The van der Waals surface area contributed by atoms with Gasteiger partial charge in [-0.1, -0.05) is 6.07 Å². The van der Waals surface area contributed by atoms with Crippen molar-refractivity contribution in [2.45, 2.75) is 50.9 Å². The minimum atomic E-state index is -0.322. The lowest BCUT2D eigenvalue weighted by molar-refractivity contribution is -0.127. The molecule has 25 heavy (non-hydrogen) atoms. The van der Waals surface area contributed by atoms with Crippen molar-refractivity contribution in [2.75, 3.05) is 18.6 Å². The molecule has 2 bridgehead atoms. The van der Waals surface area contributed by atoms with Crippen LogP contribution in [0.4, 0.5) is 5.69 Å². The summed E-state index contributed by atoms with van der Waals surface area (Å²) in [6, 6.07) is 5.84. The number of rotatable bonds is 4. The summed E-state index contributed by atoms with van der Waals surface area (Å²) in [6.45, 7) is 2.37. The molecule has 3 fully saturated rings. The van der Waals surface area contributed by atoms with Gasteiger partial charge >= 0.3 is 0 Å². The average molecular weight is 344 g/mol. The van der Waals surface area contributed by atoms with Gasteiger partial charge in [0.15, 0.2) is 0 Å². The number of carbonyl (C=O) groups excluding carboxylic acids is 2. The van der Waals surface area contributed by atoms with Gasteiger partial charge in [0.25, 0.3) is 0 Å². The van der Waals surface area contributed by atoms with Crippen molar-refractivity contribution < 1.29 is 19.1 Å². The lowest BCUT2D eigenvalue weighted by atomic mass is 9.95. The SMILES string of the molecule is COc1ccc(C)cc1N1CC(C(=O)N[C@@H]2C[C@H]3CC[C@@H]2O3)CC1=O. The van der Waals surface area contributed by atoms with E-state index in [1.807, 2.05) is 25.1 Å². The number of carbonyl (C=O) groups is 2. The van der Waals surface area contributed by atoms with Crippen LogP contribution in [0.3, 0.4) is 0 Å². The van der Waals surface area contributed by atoms with E-state index in [1.165, 1.54) is 0 Å². The Kier molecular flexibility index (Phi) is 4.15. The molecule has 0 aliphatic carbocycles. The first-order chi connectivity index (χ1) is 12.0. The second-order valence-electron chi connectivity index (χ2n) is 7.31. The van der Waals surface area contributed by atoms with Gasteiger partial charge in [0.2, 0.25) is 11.8 Å². The normalized spacial score (nSPS) is 30.8. The highest BCUT2D eigenvalue weighted by atomic mass is 16.5. The van der Waals surface area contributed by atoms with Gasteiger partial charge in [0.1, 0.15) is 5.75 Å². The number of nitrogens with zero attached hydrogens (tertiary/aromatic N) is 1. The van der Waals surface area contributed by atoms with Gasteiger partial charge in [-0.05, 0) is 43.9 Å². The number of aryl methyl sites for hydroxylation is 1. The van der Waals surface area contributed by atoms with Crippen LogP contribution in [0.25, 0.3) is 0 Å². The smallest absolute Gasteiger partial charge is 0.227 e. The van der Waals surface area contributed by atoms with Gasteiger partial charge in [0, 0.05) is 13.0 Å². The van der Waals surface area contributed by atoms with Crippen molar-refractivity contribution in [2.24, 2.45) is 5.92 Å². The first kappa shape index (κ1) is 16.4. The summed E-state index contributed by atoms with van der Waals surface area (Å²) in [5, 5.41) is 3.11. The van der Waals surface area contributed by atoms with Crippen molar-refractivity contribution in [1.82, 2.24) is 5.32 Å². The molecule has 1 aromatic carbocycles. The van der Waals surface area contributed by atoms with Crippen molar-refractivity contribution in [3.8, 4) is 5.75 Å². The maximum Gasteiger partial charge on any atom is 0.227 e. The van der Waals surface area contributed by atoms with Gasteiger partial charge < -0.3 is 19.7 Å². The Hall–Kier alpha value is -2.08. The van der Waals surface area contributed by atoms with E-state index >= 15 is 0 Å². The number of hydrogen-bond acceptors (Lipinski definition) is 4. The highest BCUT2D eigenvalue weighted by Crippen LogP contribution is 2.36. The number of amides is 2. The molecule has 6 nitrogen and oxygen atoms in total. The third-order valence-corrected chi connectivity index (χ3v) is 5.55. The molecular formula is C19H24N2O4. The number of fused-ring (bicyclic) bond motifs is 2. The van der Waals surface area contributed by atoms with Crippen molar-refractivity contribution in [3.63, 3.8) is 0 Å². The van der Waals surface area contributed by atoms with E-state index in [1.54, 1.807) is 12.0 Å². The van der Waals surface area contributed by atoms with E-state index in [0.29, 0.717) is 18.4 Å². The van der Waals surface area contributed by atoms with Crippen LogP contribution in [0.2, 0.25) is 0 Å². The quantitative estimate of drug-likeness (QED) is 0.904. The average Bonchev–Trinajstić information content (AvgIpc) is 3.30. The molecule has 2 amide bonds. The first-order valence-corrected chi connectivity index (χ1v) is 8.96. The Balaban J connectivity index is 1.45. The fourth-order valence-corrected chi connectivity index (χ4v) is 4.22. The summed E-state index contributed by atoms with van der Waals surface area (Å²) in [5.41, 5.74) is 1.79. The molecule has 1 unspecified atom stereocenters. The van der Waals surface area contributed by atoms with E-state index in [9.17, 15) is 9.59 Å². The fourth-order valence-electron chi connectivity index (χ4n) is 4.22. The topological polar surface area (TPSA) is 67.9 Å². The van der Waals surface area contributed by atoms with Crippen LogP contribution in [-0.2, 0) is 14.3 Å². The second kappa shape index (κ2) is 6.33. The Morgan fingerprint density at radius 2 is 2.20 bits per heavy atom. The summed E-state index contributed by atoms with van der Waals surface area (Å²) in [7, 11) is 1.59. The standard InChI is InChI=1S/C19H24N2O4/c1-11-3-5-17(24-2)15(7-11)21-10-12(8-18(21)22)19(23)20-14-9-13-4-6-16(14)25-13/h3,5,7,12-14,16H,4,6,8-10H2,1-2H3,(H,20,23)/t12?,13-,14-,16+/m1/s1. The molecule has 0 saturated carbocycles. The zero-order chi connectivity index (χ0) is 17.6. The van der Waals surface area contributed by atoms with Crippen LogP contribution in [0.5, 0.6) is 5.75 Å². The molecule has 1 aromatic rings. The Bertz CT molecular complexity index is 705. The van der Waals surface area contributed by atoms with Crippen LogP contribution >= 0.6 is 0 Å². The number of methoxy groups -OCH3 is 1. The van der Waals surface area contributed by atoms with Gasteiger partial charge in [-0.15, -0.1) is 0 Å². The van der Waals surface area contributed by atoms with Crippen LogP contribution in [0, 0.1) is 12.8 Å². The maximum absolute atomic E-state index is 12.6.